The summed E-state index contributed by atoms with van der Waals surface area (Å²) in [6.07, 6.45) is 0.618. The Balaban J connectivity index is 2.13. The van der Waals surface area contributed by atoms with Gasteiger partial charge in [-0.3, -0.25) is 0 Å². The monoisotopic (exact) mass is 297 g/mol. The van der Waals surface area contributed by atoms with Crippen LogP contribution in [-0.4, -0.2) is 6.54 Å². The molecule has 0 heterocycles. The van der Waals surface area contributed by atoms with Crippen molar-refractivity contribution in [2.24, 2.45) is 5.73 Å². The molecule has 2 aromatic rings. The molecule has 0 aromatic heterocycles. The summed E-state index contributed by atoms with van der Waals surface area (Å²) >= 11 is 5.92. The van der Waals surface area contributed by atoms with Crippen molar-refractivity contribution in [2.45, 2.75) is 13.0 Å². The molecule has 0 fully saturated rings. The summed E-state index contributed by atoms with van der Waals surface area (Å²) in [6.45, 7) is 0.541. The number of halogens is 3. The number of rotatable bonds is 5. The summed E-state index contributed by atoms with van der Waals surface area (Å²) < 4.78 is 31.7. The summed E-state index contributed by atoms with van der Waals surface area (Å²) in [4.78, 5) is 0. The predicted molar refractivity (Wildman–Crippen MR) is 74.9 cm³/mol. The number of hydrogen-bond acceptors (Lipinski definition) is 2. The van der Waals surface area contributed by atoms with Gasteiger partial charge in [-0.1, -0.05) is 11.6 Å². The highest BCUT2D eigenvalue weighted by Crippen LogP contribution is 2.24. The summed E-state index contributed by atoms with van der Waals surface area (Å²) in [6, 6.07) is 8.50. The van der Waals surface area contributed by atoms with E-state index >= 15 is 0 Å². The SMILES string of the molecule is NCCc1cc(Cl)ccc1OCc1cc(F)cc(F)c1. The number of nitrogens with two attached hydrogens (primary N) is 1. The van der Waals surface area contributed by atoms with Crippen LogP contribution in [0.2, 0.25) is 5.02 Å². The molecule has 0 bridgehead atoms. The minimum atomic E-state index is -0.623. The first kappa shape index (κ1) is 14.8. The van der Waals surface area contributed by atoms with E-state index in [1.165, 1.54) is 12.1 Å². The average molecular weight is 298 g/mol. The number of benzene rings is 2. The molecular weight excluding hydrogens is 284 g/mol. The molecule has 2 aromatic carbocycles. The van der Waals surface area contributed by atoms with Crippen molar-refractivity contribution in [2.75, 3.05) is 6.54 Å². The molecule has 20 heavy (non-hydrogen) atoms. The zero-order valence-corrected chi connectivity index (χ0v) is 11.5. The zero-order chi connectivity index (χ0) is 14.5. The fraction of sp³-hybridized carbons (Fsp3) is 0.200. The normalized spacial score (nSPS) is 10.6. The van der Waals surface area contributed by atoms with E-state index in [1.807, 2.05) is 0 Å². The lowest BCUT2D eigenvalue weighted by Gasteiger charge is -2.11. The molecule has 106 valence electrons. The van der Waals surface area contributed by atoms with Gasteiger partial charge in [-0.25, -0.2) is 8.78 Å². The van der Waals surface area contributed by atoms with E-state index < -0.39 is 11.6 Å². The molecule has 0 atom stereocenters. The molecule has 0 saturated carbocycles. The predicted octanol–water partition coefficient (Wildman–Crippen LogP) is 3.70. The second kappa shape index (κ2) is 6.68. The third-order valence-electron chi connectivity index (χ3n) is 2.75. The summed E-state index contributed by atoms with van der Waals surface area (Å²) in [5.74, 6) is -0.631. The number of ether oxygens (including phenoxy) is 1. The highest BCUT2D eigenvalue weighted by Gasteiger charge is 2.06. The average Bonchev–Trinajstić information content (AvgIpc) is 2.37. The van der Waals surface area contributed by atoms with Gasteiger partial charge in [-0.15, -0.1) is 0 Å². The fourth-order valence-corrected chi connectivity index (χ4v) is 2.09. The van der Waals surface area contributed by atoms with Crippen LogP contribution >= 0.6 is 11.6 Å². The van der Waals surface area contributed by atoms with E-state index in [4.69, 9.17) is 22.1 Å². The molecule has 0 saturated heterocycles. The Kier molecular flexibility index (Phi) is 4.93. The van der Waals surface area contributed by atoms with Crippen molar-refractivity contribution < 1.29 is 13.5 Å². The van der Waals surface area contributed by atoms with E-state index in [0.717, 1.165) is 11.6 Å². The van der Waals surface area contributed by atoms with Crippen LogP contribution < -0.4 is 10.5 Å². The molecule has 0 aliphatic heterocycles. The molecule has 0 spiro atoms. The molecule has 0 amide bonds. The van der Waals surface area contributed by atoms with Crippen LogP contribution in [0.1, 0.15) is 11.1 Å². The standard InChI is InChI=1S/C15H14ClF2NO/c16-12-1-2-15(11(7-12)3-4-19)20-9-10-5-13(17)8-14(18)6-10/h1-2,5-8H,3-4,9,19H2. The maximum absolute atomic E-state index is 13.1. The van der Waals surface area contributed by atoms with Crippen LogP contribution in [-0.2, 0) is 13.0 Å². The second-order valence-corrected chi connectivity index (χ2v) is 4.79. The molecule has 2 rings (SSSR count). The third-order valence-corrected chi connectivity index (χ3v) is 2.99. The van der Waals surface area contributed by atoms with Crippen LogP contribution in [0.25, 0.3) is 0 Å². The van der Waals surface area contributed by atoms with Gasteiger partial charge in [-0.05, 0) is 54.4 Å². The first-order chi connectivity index (χ1) is 9.58. The maximum atomic E-state index is 13.1. The molecule has 2 nitrogen and oxygen atoms in total. The summed E-state index contributed by atoms with van der Waals surface area (Å²) in [7, 11) is 0. The van der Waals surface area contributed by atoms with Gasteiger partial charge in [0.2, 0.25) is 0 Å². The largest absolute Gasteiger partial charge is 0.489 e. The third kappa shape index (κ3) is 3.92. The smallest absolute Gasteiger partial charge is 0.126 e. The molecule has 0 unspecified atom stereocenters. The first-order valence-electron chi connectivity index (χ1n) is 6.15. The highest BCUT2D eigenvalue weighted by atomic mass is 35.5. The lowest BCUT2D eigenvalue weighted by Crippen LogP contribution is -2.05. The molecule has 0 aliphatic rings. The van der Waals surface area contributed by atoms with Gasteiger partial charge >= 0.3 is 0 Å². The minimum Gasteiger partial charge on any atom is -0.489 e. The number of hydrogen-bond donors (Lipinski definition) is 1. The van der Waals surface area contributed by atoms with Crippen LogP contribution in [0.5, 0.6) is 5.75 Å². The Morgan fingerprint density at radius 1 is 1.05 bits per heavy atom. The highest BCUT2D eigenvalue weighted by molar-refractivity contribution is 6.30. The van der Waals surface area contributed by atoms with Gasteiger partial charge < -0.3 is 10.5 Å². The van der Waals surface area contributed by atoms with E-state index in [0.29, 0.717) is 29.3 Å². The van der Waals surface area contributed by atoms with Gasteiger partial charge in [0.1, 0.15) is 24.0 Å². The van der Waals surface area contributed by atoms with E-state index in [2.05, 4.69) is 0 Å². The fourth-order valence-electron chi connectivity index (χ4n) is 1.90. The molecule has 2 N–H and O–H groups in total. The van der Waals surface area contributed by atoms with Crippen molar-refractivity contribution in [3.05, 3.63) is 64.2 Å². The van der Waals surface area contributed by atoms with Crippen molar-refractivity contribution in [3.8, 4) is 5.75 Å². The maximum Gasteiger partial charge on any atom is 0.126 e. The van der Waals surface area contributed by atoms with Gasteiger partial charge in [0.05, 0.1) is 0 Å². The van der Waals surface area contributed by atoms with Crippen molar-refractivity contribution in [1.82, 2.24) is 0 Å². The second-order valence-electron chi connectivity index (χ2n) is 4.36. The van der Waals surface area contributed by atoms with E-state index in [-0.39, 0.29) is 6.61 Å². The molecular formula is C15H14ClF2NO. The Morgan fingerprint density at radius 2 is 1.75 bits per heavy atom. The molecule has 0 radical (unpaired) electrons. The summed E-state index contributed by atoms with van der Waals surface area (Å²) in [5.41, 5.74) is 6.83. The lowest BCUT2D eigenvalue weighted by molar-refractivity contribution is 0.301. The summed E-state index contributed by atoms with van der Waals surface area (Å²) in [5, 5.41) is 0.595. The zero-order valence-electron chi connectivity index (χ0n) is 10.7. The van der Waals surface area contributed by atoms with E-state index in [1.54, 1.807) is 18.2 Å². The van der Waals surface area contributed by atoms with E-state index in [9.17, 15) is 8.78 Å². The molecule has 5 heteroatoms. The van der Waals surface area contributed by atoms with Crippen LogP contribution in [0.4, 0.5) is 8.78 Å². The first-order valence-corrected chi connectivity index (χ1v) is 6.52. The van der Waals surface area contributed by atoms with Gasteiger partial charge in [0, 0.05) is 11.1 Å². The van der Waals surface area contributed by atoms with Crippen molar-refractivity contribution in [1.29, 1.82) is 0 Å². The van der Waals surface area contributed by atoms with Crippen molar-refractivity contribution in [3.63, 3.8) is 0 Å². The Morgan fingerprint density at radius 3 is 2.40 bits per heavy atom. The van der Waals surface area contributed by atoms with Crippen LogP contribution in [0.15, 0.2) is 36.4 Å². The van der Waals surface area contributed by atoms with Crippen LogP contribution in [0.3, 0.4) is 0 Å². The quantitative estimate of drug-likeness (QED) is 0.913. The van der Waals surface area contributed by atoms with Crippen LogP contribution in [0, 0.1) is 11.6 Å². The molecule has 0 aliphatic carbocycles. The Labute approximate surface area is 121 Å². The lowest BCUT2D eigenvalue weighted by atomic mass is 10.1. The Bertz CT molecular complexity index is 584. The topological polar surface area (TPSA) is 35.2 Å². The minimum absolute atomic E-state index is 0.0773. The Hall–Kier alpha value is -1.65. The van der Waals surface area contributed by atoms with Gasteiger partial charge in [0.15, 0.2) is 0 Å². The van der Waals surface area contributed by atoms with Crippen molar-refractivity contribution >= 4 is 11.6 Å². The van der Waals surface area contributed by atoms with Gasteiger partial charge in [0.25, 0.3) is 0 Å². The van der Waals surface area contributed by atoms with Gasteiger partial charge in [-0.2, -0.15) is 0 Å².